The minimum atomic E-state index is -3.62. The van der Waals surface area contributed by atoms with Crippen molar-refractivity contribution in [1.29, 1.82) is 0 Å². The summed E-state index contributed by atoms with van der Waals surface area (Å²) in [6.07, 6.45) is 3.49. The van der Waals surface area contributed by atoms with E-state index < -0.39 is 50.9 Å². The Morgan fingerprint density at radius 3 is 2.46 bits per heavy atom. The summed E-state index contributed by atoms with van der Waals surface area (Å²) in [6.45, 7) is 0. The first kappa shape index (κ1) is 27.3. The highest BCUT2D eigenvalue weighted by atomic mass is 35.5. The van der Waals surface area contributed by atoms with E-state index in [1.54, 1.807) is 12.1 Å². The van der Waals surface area contributed by atoms with Crippen molar-refractivity contribution in [3.8, 4) is 0 Å². The molecule has 13 heteroatoms. The third-order valence-electron chi connectivity index (χ3n) is 6.85. The van der Waals surface area contributed by atoms with E-state index in [-0.39, 0.29) is 21.8 Å². The van der Waals surface area contributed by atoms with E-state index >= 15 is 0 Å². The number of nitro benzene ring substituents is 1. The number of benzene rings is 2. The molecule has 2 aromatic rings. The van der Waals surface area contributed by atoms with Crippen LogP contribution in [0.15, 0.2) is 36.4 Å². The van der Waals surface area contributed by atoms with Crippen LogP contribution in [0.4, 0.5) is 5.69 Å². The lowest BCUT2D eigenvalue weighted by Crippen LogP contribution is -2.58. The molecule has 1 heterocycles. The van der Waals surface area contributed by atoms with Crippen molar-refractivity contribution in [2.75, 3.05) is 13.4 Å². The van der Waals surface area contributed by atoms with Crippen LogP contribution in [0.25, 0.3) is 0 Å². The van der Waals surface area contributed by atoms with Gasteiger partial charge in [0.1, 0.15) is 5.92 Å². The topological polar surface area (TPSA) is 136 Å². The van der Waals surface area contributed by atoms with Crippen LogP contribution in [0.3, 0.4) is 0 Å². The van der Waals surface area contributed by atoms with Crippen molar-refractivity contribution in [3.63, 3.8) is 0 Å². The average Bonchev–Trinajstić information content (AvgIpc) is 2.83. The molecule has 0 bridgehead atoms. The van der Waals surface area contributed by atoms with Gasteiger partial charge in [-0.2, -0.15) is 0 Å². The molecule has 2 aliphatic rings. The molecule has 198 valence electrons. The first-order valence-corrected chi connectivity index (χ1v) is 14.2. The summed E-state index contributed by atoms with van der Waals surface area (Å²) in [5.41, 5.74) is 0.340. The molecule has 1 aliphatic heterocycles. The lowest BCUT2D eigenvalue weighted by Gasteiger charge is -2.48. The molecular weight excluding hydrogens is 545 g/mol. The zero-order chi connectivity index (χ0) is 27.1. The van der Waals surface area contributed by atoms with Crippen LogP contribution < -0.4 is 4.72 Å². The molecule has 2 aromatic carbocycles. The summed E-state index contributed by atoms with van der Waals surface area (Å²) in [5, 5.41) is 12.1. The van der Waals surface area contributed by atoms with Gasteiger partial charge in [0, 0.05) is 39.8 Å². The van der Waals surface area contributed by atoms with Crippen molar-refractivity contribution in [2.24, 2.45) is 0 Å². The number of amides is 1. The van der Waals surface area contributed by atoms with E-state index in [0.717, 1.165) is 19.1 Å². The van der Waals surface area contributed by atoms with Gasteiger partial charge in [0.05, 0.1) is 24.3 Å². The third kappa shape index (κ3) is 5.45. The number of halogens is 2. The lowest BCUT2D eigenvalue weighted by atomic mass is 9.76. The molecule has 37 heavy (non-hydrogen) atoms. The van der Waals surface area contributed by atoms with Gasteiger partial charge < -0.3 is 9.64 Å². The van der Waals surface area contributed by atoms with Crippen molar-refractivity contribution in [1.82, 2.24) is 9.62 Å². The molecule has 0 radical (unpaired) electrons. The van der Waals surface area contributed by atoms with Crippen molar-refractivity contribution >= 4 is 50.8 Å². The summed E-state index contributed by atoms with van der Waals surface area (Å²) in [5.74, 6) is -2.39. The maximum Gasteiger partial charge on any atom is 0.315 e. The van der Waals surface area contributed by atoms with Crippen LogP contribution in [0.5, 0.6) is 0 Å². The standard InChI is InChI=1S/C24H25Cl2N3O7S/c1-36-24(31)21-17-12-14(29(32)33)8-10-15(17)23(30)28(22(21)16-9-7-13(25)11-18(16)26)20-6-4-3-5-19(20)27-37(2,34)35/h7-12,19-22,27H,3-6H2,1-2H3/t19-,20-,21+,22-/m0/s1. The maximum atomic E-state index is 14.1. The second kappa shape index (κ2) is 10.6. The number of carbonyl (C=O) groups excluding carboxylic acids is 2. The number of nitro groups is 1. The number of rotatable bonds is 6. The number of carbonyl (C=O) groups is 2. The predicted octanol–water partition coefficient (Wildman–Crippen LogP) is 4.22. The smallest absolute Gasteiger partial charge is 0.315 e. The highest BCUT2D eigenvalue weighted by Crippen LogP contribution is 2.48. The number of non-ortho nitro benzene ring substituents is 1. The lowest BCUT2D eigenvalue weighted by molar-refractivity contribution is -0.384. The molecule has 0 aromatic heterocycles. The van der Waals surface area contributed by atoms with Gasteiger partial charge in [-0.05, 0) is 42.2 Å². The number of nitrogens with zero attached hydrogens (tertiary/aromatic N) is 2. The number of hydrogen-bond acceptors (Lipinski definition) is 7. The molecule has 1 amide bonds. The fourth-order valence-electron chi connectivity index (χ4n) is 5.38. The Labute approximate surface area is 224 Å². The van der Waals surface area contributed by atoms with Gasteiger partial charge in [-0.15, -0.1) is 0 Å². The monoisotopic (exact) mass is 569 g/mol. The van der Waals surface area contributed by atoms with E-state index in [0.29, 0.717) is 23.4 Å². The van der Waals surface area contributed by atoms with Crippen LogP contribution in [-0.2, 0) is 19.6 Å². The summed E-state index contributed by atoms with van der Waals surface area (Å²) in [6, 6.07) is 6.09. The molecule has 0 spiro atoms. The van der Waals surface area contributed by atoms with Gasteiger partial charge in [-0.25, -0.2) is 13.1 Å². The number of esters is 1. The highest BCUT2D eigenvalue weighted by molar-refractivity contribution is 7.88. The van der Waals surface area contributed by atoms with Crippen LogP contribution in [0, 0.1) is 10.1 Å². The Morgan fingerprint density at radius 2 is 1.84 bits per heavy atom. The van der Waals surface area contributed by atoms with Gasteiger partial charge in [0.25, 0.3) is 11.6 Å². The number of sulfonamides is 1. The largest absolute Gasteiger partial charge is 0.468 e. The van der Waals surface area contributed by atoms with Crippen molar-refractivity contribution in [2.45, 2.75) is 49.7 Å². The van der Waals surface area contributed by atoms with Crippen LogP contribution in [-0.4, -0.2) is 55.6 Å². The third-order valence-corrected chi connectivity index (χ3v) is 8.14. The van der Waals surface area contributed by atoms with Crippen molar-refractivity contribution in [3.05, 3.63) is 73.2 Å². The Morgan fingerprint density at radius 1 is 1.14 bits per heavy atom. The van der Waals surface area contributed by atoms with E-state index in [1.165, 1.54) is 36.3 Å². The van der Waals surface area contributed by atoms with E-state index in [2.05, 4.69) is 4.72 Å². The zero-order valence-corrected chi connectivity index (χ0v) is 22.3. The van der Waals surface area contributed by atoms with Crippen LogP contribution in [0.2, 0.25) is 10.0 Å². The molecule has 10 nitrogen and oxygen atoms in total. The Balaban J connectivity index is 1.99. The summed E-state index contributed by atoms with van der Waals surface area (Å²) >= 11 is 12.7. The molecular formula is C24H25Cl2N3O7S. The molecule has 1 fully saturated rings. The van der Waals surface area contributed by atoms with Crippen LogP contribution in [0.1, 0.15) is 59.1 Å². The SMILES string of the molecule is COC(=O)[C@@H]1c2cc([N+](=O)[O-])ccc2C(=O)N([C@H]2CCCC[C@@H]2NS(C)(=O)=O)[C@H]1c1ccc(Cl)cc1Cl. The summed E-state index contributed by atoms with van der Waals surface area (Å²) in [7, 11) is -2.43. The number of methoxy groups -OCH3 is 1. The fourth-order valence-corrected chi connectivity index (χ4v) is 6.72. The Hall–Kier alpha value is -2.73. The van der Waals surface area contributed by atoms with Gasteiger partial charge in [0.15, 0.2) is 0 Å². The number of nitrogens with one attached hydrogen (secondary N) is 1. The van der Waals surface area contributed by atoms with E-state index in [9.17, 15) is 28.1 Å². The van der Waals surface area contributed by atoms with Gasteiger partial charge >= 0.3 is 5.97 Å². The Bertz CT molecular complexity index is 1370. The first-order valence-electron chi connectivity index (χ1n) is 11.5. The molecule has 4 rings (SSSR count). The zero-order valence-electron chi connectivity index (χ0n) is 20.0. The Kier molecular flexibility index (Phi) is 7.80. The minimum absolute atomic E-state index is 0.103. The van der Waals surface area contributed by atoms with E-state index in [4.69, 9.17) is 27.9 Å². The molecule has 1 N–H and O–H groups in total. The fraction of sp³-hybridized carbons (Fsp3) is 0.417. The normalized spacial score (nSPS) is 23.9. The number of fused-ring (bicyclic) bond motifs is 1. The summed E-state index contributed by atoms with van der Waals surface area (Å²) < 4.78 is 32.1. The predicted molar refractivity (Wildman–Crippen MR) is 137 cm³/mol. The summed E-state index contributed by atoms with van der Waals surface area (Å²) in [4.78, 5) is 39.8. The van der Waals surface area contributed by atoms with E-state index in [1.807, 2.05) is 0 Å². The quantitative estimate of drug-likeness (QED) is 0.312. The number of ether oxygens (including phenoxy) is 1. The molecule has 1 aliphatic carbocycles. The molecule has 1 saturated carbocycles. The maximum absolute atomic E-state index is 14.1. The average molecular weight is 570 g/mol. The second-order valence-electron chi connectivity index (χ2n) is 9.20. The highest BCUT2D eigenvalue weighted by Gasteiger charge is 2.50. The minimum Gasteiger partial charge on any atom is -0.468 e. The molecule has 4 atom stereocenters. The molecule has 0 unspecified atom stereocenters. The number of hydrogen-bond donors (Lipinski definition) is 1. The van der Waals surface area contributed by atoms with Crippen LogP contribution >= 0.6 is 23.2 Å². The van der Waals surface area contributed by atoms with Gasteiger partial charge in [0.2, 0.25) is 10.0 Å². The first-order chi connectivity index (χ1) is 17.4. The second-order valence-corrected chi connectivity index (χ2v) is 11.8. The van der Waals surface area contributed by atoms with Gasteiger partial charge in [-0.1, -0.05) is 42.1 Å². The molecule has 0 saturated heterocycles. The van der Waals surface area contributed by atoms with Crippen molar-refractivity contribution < 1.29 is 27.7 Å². The van der Waals surface area contributed by atoms with Gasteiger partial charge in [-0.3, -0.25) is 19.7 Å².